The molecule has 11 heteroatoms. The molecule has 4 aromatic rings. The van der Waals surface area contributed by atoms with Crippen LogP contribution < -0.4 is 16.0 Å². The van der Waals surface area contributed by atoms with E-state index in [2.05, 4.69) is 30.6 Å². The Morgan fingerprint density at radius 1 is 1.12 bits per heavy atom. The summed E-state index contributed by atoms with van der Waals surface area (Å²) in [4.78, 5) is 19.8. The molecule has 1 saturated heterocycles. The smallest absolute Gasteiger partial charge is 0.253 e. The number of nitrogens with zero attached hydrogens (tertiary/aromatic N) is 5. The van der Waals surface area contributed by atoms with Gasteiger partial charge in [0.2, 0.25) is 5.58 Å². The Bertz CT molecular complexity index is 1410. The van der Waals surface area contributed by atoms with Gasteiger partial charge >= 0.3 is 0 Å². The molecule has 3 N–H and O–H groups in total. The lowest BCUT2D eigenvalue weighted by Gasteiger charge is -2.28. The number of nitrogen functional groups attached to an aromatic ring is 1. The number of pyridine rings is 1. The van der Waals surface area contributed by atoms with Crippen molar-refractivity contribution in [1.82, 2.24) is 25.7 Å². The van der Waals surface area contributed by atoms with Crippen LogP contribution in [0.4, 0.5) is 11.6 Å². The minimum atomic E-state index is -0.203. The number of hydrogen-bond acceptors (Lipinski definition) is 8. The lowest BCUT2D eigenvalue weighted by Crippen LogP contribution is -2.44. The van der Waals surface area contributed by atoms with Crippen molar-refractivity contribution in [3.8, 4) is 11.1 Å². The molecule has 2 fully saturated rings. The Kier molecular flexibility index (Phi) is 5.04. The molecule has 4 heterocycles. The third kappa shape index (κ3) is 3.35. The van der Waals surface area contributed by atoms with Crippen LogP contribution in [0.3, 0.4) is 0 Å². The van der Waals surface area contributed by atoms with Gasteiger partial charge in [0, 0.05) is 18.3 Å². The lowest BCUT2D eigenvalue weighted by molar-refractivity contribution is 0.0932. The van der Waals surface area contributed by atoms with E-state index in [1.165, 1.54) is 0 Å². The van der Waals surface area contributed by atoms with Gasteiger partial charge in [-0.05, 0) is 42.5 Å². The summed E-state index contributed by atoms with van der Waals surface area (Å²) in [5.74, 6) is 0.954. The summed E-state index contributed by atoms with van der Waals surface area (Å²) in [6, 6.07) is 7.23. The van der Waals surface area contributed by atoms with Crippen molar-refractivity contribution in [2.75, 3.05) is 17.2 Å². The van der Waals surface area contributed by atoms with Gasteiger partial charge in [0.15, 0.2) is 11.6 Å². The highest BCUT2D eigenvalue weighted by Crippen LogP contribution is 2.43. The van der Waals surface area contributed by atoms with E-state index in [4.69, 9.17) is 33.5 Å². The standard InChI is InChI=1S/C23H19Cl2N7O2/c24-15-7-11(12-5-6-28-29-8-12)1-3-14(15)23(33)30-19-13-2-4-17(19)32(10-13)22-20-18(16(25)9-27-22)21(26)31-34-20/h1,3,5-9,13,17,19H,2,4,10H2,(H2,26,31)(H,30,33). The van der Waals surface area contributed by atoms with Gasteiger partial charge in [-0.1, -0.05) is 34.4 Å². The van der Waals surface area contributed by atoms with E-state index in [0.717, 1.165) is 30.5 Å². The Balaban J connectivity index is 1.24. The molecule has 1 amide bonds. The number of halogens is 2. The summed E-state index contributed by atoms with van der Waals surface area (Å²) >= 11 is 12.7. The lowest BCUT2D eigenvalue weighted by atomic mass is 10.0. The number of fused-ring (bicyclic) bond motifs is 3. The van der Waals surface area contributed by atoms with E-state index in [1.54, 1.807) is 30.7 Å². The maximum absolute atomic E-state index is 13.2. The van der Waals surface area contributed by atoms with Crippen LogP contribution in [0.5, 0.6) is 0 Å². The molecule has 0 radical (unpaired) electrons. The Hall–Kier alpha value is -3.43. The molecule has 1 saturated carbocycles. The molecule has 9 nitrogen and oxygen atoms in total. The summed E-state index contributed by atoms with van der Waals surface area (Å²) in [5, 5.41) is 16.1. The number of benzene rings is 1. The van der Waals surface area contributed by atoms with Gasteiger partial charge in [-0.25, -0.2) is 4.98 Å². The Labute approximate surface area is 204 Å². The first-order valence-corrected chi connectivity index (χ1v) is 11.6. The monoisotopic (exact) mass is 495 g/mol. The zero-order chi connectivity index (χ0) is 23.4. The molecular formula is C23H19Cl2N7O2. The molecule has 3 unspecified atom stereocenters. The van der Waals surface area contributed by atoms with E-state index >= 15 is 0 Å². The van der Waals surface area contributed by atoms with E-state index in [-0.39, 0.29) is 29.7 Å². The first kappa shape index (κ1) is 21.1. The molecule has 3 atom stereocenters. The number of aromatic nitrogens is 4. The number of amides is 1. The Morgan fingerprint density at radius 3 is 2.79 bits per heavy atom. The second kappa shape index (κ2) is 8.11. The molecule has 2 bridgehead atoms. The third-order valence-corrected chi connectivity index (χ3v) is 7.35. The molecule has 0 spiro atoms. The van der Waals surface area contributed by atoms with Gasteiger partial charge in [-0.3, -0.25) is 4.79 Å². The quantitative estimate of drug-likeness (QED) is 0.435. The second-order valence-electron chi connectivity index (χ2n) is 8.58. The number of carbonyl (C=O) groups excluding carboxylic acids is 1. The number of rotatable bonds is 4. The largest absolute Gasteiger partial charge is 0.380 e. The van der Waals surface area contributed by atoms with Crippen LogP contribution in [0.25, 0.3) is 22.1 Å². The van der Waals surface area contributed by atoms with E-state index in [9.17, 15) is 4.79 Å². The molecule has 6 rings (SSSR count). The number of hydrogen-bond donors (Lipinski definition) is 2. The average molecular weight is 496 g/mol. The first-order valence-electron chi connectivity index (χ1n) is 10.8. The minimum absolute atomic E-state index is 0.0413. The molecule has 172 valence electrons. The van der Waals surface area contributed by atoms with Crippen LogP contribution in [0.2, 0.25) is 10.0 Å². The van der Waals surface area contributed by atoms with Gasteiger partial charge in [0.05, 0.1) is 45.5 Å². The summed E-state index contributed by atoms with van der Waals surface area (Å²) < 4.78 is 5.45. The van der Waals surface area contributed by atoms with Crippen molar-refractivity contribution in [3.05, 3.63) is 58.5 Å². The predicted octanol–water partition coefficient (Wildman–Crippen LogP) is 3.97. The van der Waals surface area contributed by atoms with Crippen molar-refractivity contribution >= 4 is 51.7 Å². The number of carbonyl (C=O) groups is 1. The maximum Gasteiger partial charge on any atom is 0.253 e. The van der Waals surface area contributed by atoms with Crippen LogP contribution in [0, 0.1) is 5.92 Å². The van der Waals surface area contributed by atoms with Crippen molar-refractivity contribution < 1.29 is 9.32 Å². The molecular weight excluding hydrogens is 477 g/mol. The molecule has 1 aliphatic carbocycles. The minimum Gasteiger partial charge on any atom is -0.380 e. The topological polar surface area (TPSA) is 123 Å². The molecule has 1 aromatic carbocycles. The van der Waals surface area contributed by atoms with Gasteiger partial charge in [-0.2, -0.15) is 10.2 Å². The van der Waals surface area contributed by atoms with Gasteiger partial charge < -0.3 is 20.5 Å². The fraction of sp³-hybridized carbons (Fsp3) is 0.261. The van der Waals surface area contributed by atoms with Crippen LogP contribution in [-0.4, -0.2) is 44.9 Å². The van der Waals surface area contributed by atoms with Crippen molar-refractivity contribution in [2.45, 2.75) is 24.9 Å². The first-order chi connectivity index (χ1) is 16.5. The number of nitrogens with two attached hydrogens (primary N) is 1. The van der Waals surface area contributed by atoms with Crippen LogP contribution in [0.1, 0.15) is 23.2 Å². The Morgan fingerprint density at radius 2 is 2.00 bits per heavy atom. The fourth-order valence-corrected chi connectivity index (χ4v) is 5.66. The van der Waals surface area contributed by atoms with Gasteiger partial charge in [-0.15, -0.1) is 0 Å². The molecule has 1 aliphatic heterocycles. The van der Waals surface area contributed by atoms with Gasteiger partial charge in [0.25, 0.3) is 5.91 Å². The zero-order valence-electron chi connectivity index (χ0n) is 17.8. The van der Waals surface area contributed by atoms with Crippen LogP contribution in [-0.2, 0) is 0 Å². The normalized spacial score (nSPS) is 21.4. The fourth-order valence-electron chi connectivity index (χ4n) is 5.16. The van der Waals surface area contributed by atoms with Crippen LogP contribution >= 0.6 is 23.2 Å². The highest BCUT2D eigenvalue weighted by Gasteiger charge is 2.49. The predicted molar refractivity (Wildman–Crippen MR) is 129 cm³/mol. The van der Waals surface area contributed by atoms with Crippen molar-refractivity contribution in [2.24, 2.45) is 5.92 Å². The maximum atomic E-state index is 13.2. The molecule has 3 aromatic heterocycles. The highest BCUT2D eigenvalue weighted by atomic mass is 35.5. The number of anilines is 2. The summed E-state index contributed by atoms with van der Waals surface area (Å²) in [6.07, 6.45) is 6.77. The molecule has 2 aliphatic rings. The second-order valence-corrected chi connectivity index (χ2v) is 9.40. The van der Waals surface area contributed by atoms with Crippen molar-refractivity contribution in [1.29, 1.82) is 0 Å². The zero-order valence-corrected chi connectivity index (χ0v) is 19.3. The highest BCUT2D eigenvalue weighted by molar-refractivity contribution is 6.36. The van der Waals surface area contributed by atoms with E-state index in [0.29, 0.717) is 32.4 Å². The van der Waals surface area contributed by atoms with Crippen LogP contribution in [0.15, 0.2) is 47.4 Å². The number of piperidine rings is 1. The van der Waals surface area contributed by atoms with Gasteiger partial charge in [0.1, 0.15) is 0 Å². The third-order valence-electron chi connectivity index (χ3n) is 6.75. The average Bonchev–Trinajstić information content (AvgIpc) is 3.53. The van der Waals surface area contributed by atoms with E-state index < -0.39 is 0 Å². The molecule has 34 heavy (non-hydrogen) atoms. The van der Waals surface area contributed by atoms with E-state index in [1.807, 2.05) is 12.1 Å². The summed E-state index contributed by atoms with van der Waals surface area (Å²) in [6.45, 7) is 0.738. The summed E-state index contributed by atoms with van der Waals surface area (Å²) in [5.41, 5.74) is 8.57. The van der Waals surface area contributed by atoms with Crippen molar-refractivity contribution in [3.63, 3.8) is 0 Å². The summed E-state index contributed by atoms with van der Waals surface area (Å²) in [7, 11) is 0. The SMILES string of the molecule is Nc1noc2c(N3CC4CCC3C4NC(=O)c3ccc(-c4ccnnc4)cc3Cl)ncc(Cl)c12. The number of nitrogens with one attached hydrogen (secondary N) is 1.